The van der Waals surface area contributed by atoms with E-state index in [4.69, 9.17) is 4.74 Å². The van der Waals surface area contributed by atoms with Crippen LogP contribution in [0.5, 0.6) is 0 Å². The quantitative estimate of drug-likeness (QED) is 0.583. The standard InChI is InChI=1S/C16H32N4O2/c1-7-17-14(19-13-11-12(13)3)18-9-10-20(8-2)15(21)22-16(4,5)6/h12-13H,7-11H2,1-6H3,(H2,17,18,19). The van der Waals surface area contributed by atoms with Crippen LogP contribution in [-0.4, -0.2) is 54.8 Å². The second-order valence-electron chi connectivity index (χ2n) is 6.78. The fraction of sp³-hybridized carbons (Fsp3) is 0.875. The molecular formula is C16H32N4O2. The number of hydrogen-bond donors (Lipinski definition) is 2. The molecule has 0 heterocycles. The summed E-state index contributed by atoms with van der Waals surface area (Å²) in [7, 11) is 0. The van der Waals surface area contributed by atoms with Gasteiger partial charge in [-0.3, -0.25) is 4.99 Å². The molecule has 2 atom stereocenters. The molecule has 0 aromatic rings. The minimum atomic E-state index is -0.466. The molecule has 0 aliphatic heterocycles. The van der Waals surface area contributed by atoms with Crippen molar-refractivity contribution in [3.05, 3.63) is 0 Å². The molecule has 0 saturated heterocycles. The van der Waals surface area contributed by atoms with Gasteiger partial charge in [-0.1, -0.05) is 6.92 Å². The van der Waals surface area contributed by atoms with Crippen molar-refractivity contribution < 1.29 is 9.53 Å². The maximum absolute atomic E-state index is 12.0. The number of aliphatic imine (C=N–C) groups is 1. The lowest BCUT2D eigenvalue weighted by Crippen LogP contribution is -2.41. The van der Waals surface area contributed by atoms with Crippen LogP contribution in [0, 0.1) is 5.92 Å². The Kier molecular flexibility index (Phi) is 6.97. The van der Waals surface area contributed by atoms with Gasteiger partial charge in [0.2, 0.25) is 0 Å². The Morgan fingerprint density at radius 3 is 2.45 bits per heavy atom. The Hall–Kier alpha value is -1.46. The van der Waals surface area contributed by atoms with E-state index in [2.05, 4.69) is 22.5 Å². The molecule has 22 heavy (non-hydrogen) atoms. The van der Waals surface area contributed by atoms with E-state index in [0.29, 0.717) is 25.7 Å². The molecule has 6 heteroatoms. The maximum Gasteiger partial charge on any atom is 0.410 e. The van der Waals surface area contributed by atoms with Gasteiger partial charge in [0.1, 0.15) is 5.60 Å². The minimum Gasteiger partial charge on any atom is -0.444 e. The van der Waals surface area contributed by atoms with Crippen LogP contribution in [0.15, 0.2) is 4.99 Å². The van der Waals surface area contributed by atoms with E-state index in [0.717, 1.165) is 18.4 Å². The molecule has 2 unspecified atom stereocenters. The van der Waals surface area contributed by atoms with Gasteiger partial charge < -0.3 is 20.3 Å². The highest BCUT2D eigenvalue weighted by molar-refractivity contribution is 5.80. The van der Waals surface area contributed by atoms with Crippen LogP contribution in [-0.2, 0) is 4.74 Å². The fourth-order valence-electron chi connectivity index (χ4n) is 2.01. The van der Waals surface area contributed by atoms with E-state index in [1.54, 1.807) is 4.90 Å². The van der Waals surface area contributed by atoms with Crippen LogP contribution >= 0.6 is 0 Å². The predicted octanol–water partition coefficient (Wildman–Crippen LogP) is 2.21. The third kappa shape index (κ3) is 7.00. The molecule has 1 aliphatic carbocycles. The van der Waals surface area contributed by atoms with Gasteiger partial charge in [-0.2, -0.15) is 0 Å². The zero-order valence-corrected chi connectivity index (χ0v) is 14.9. The maximum atomic E-state index is 12.0. The number of rotatable bonds is 6. The normalized spacial score (nSPS) is 21.3. The average Bonchev–Trinajstić information content (AvgIpc) is 3.08. The molecule has 0 bridgehead atoms. The Morgan fingerprint density at radius 1 is 1.36 bits per heavy atom. The molecule has 1 amide bonds. The van der Waals surface area contributed by atoms with E-state index >= 15 is 0 Å². The van der Waals surface area contributed by atoms with Crippen LogP contribution in [0.2, 0.25) is 0 Å². The number of ether oxygens (including phenoxy) is 1. The number of likely N-dealkylation sites (N-methyl/N-ethyl adjacent to an activating group) is 1. The van der Waals surface area contributed by atoms with Gasteiger partial charge in [0.25, 0.3) is 0 Å². The average molecular weight is 312 g/mol. The molecule has 6 nitrogen and oxygen atoms in total. The summed E-state index contributed by atoms with van der Waals surface area (Å²) in [5.41, 5.74) is -0.466. The lowest BCUT2D eigenvalue weighted by atomic mass is 10.2. The Labute approximate surface area is 134 Å². The highest BCUT2D eigenvalue weighted by Gasteiger charge is 2.33. The highest BCUT2D eigenvalue weighted by atomic mass is 16.6. The Balaban J connectivity index is 2.45. The summed E-state index contributed by atoms with van der Waals surface area (Å²) in [6.07, 6.45) is 0.919. The van der Waals surface area contributed by atoms with Crippen molar-refractivity contribution in [2.75, 3.05) is 26.2 Å². The van der Waals surface area contributed by atoms with Gasteiger partial charge in [0.15, 0.2) is 5.96 Å². The summed E-state index contributed by atoms with van der Waals surface area (Å²) in [5, 5.41) is 6.64. The van der Waals surface area contributed by atoms with Crippen LogP contribution in [0.25, 0.3) is 0 Å². The molecule has 128 valence electrons. The molecule has 0 aromatic carbocycles. The number of hydrogen-bond acceptors (Lipinski definition) is 3. The van der Waals surface area contributed by atoms with Gasteiger partial charge in [-0.15, -0.1) is 0 Å². The predicted molar refractivity (Wildman–Crippen MR) is 90.2 cm³/mol. The first kappa shape index (κ1) is 18.6. The number of nitrogens with one attached hydrogen (secondary N) is 2. The summed E-state index contributed by atoms with van der Waals surface area (Å²) in [4.78, 5) is 18.3. The van der Waals surface area contributed by atoms with Crippen molar-refractivity contribution >= 4 is 12.1 Å². The van der Waals surface area contributed by atoms with Crippen LogP contribution < -0.4 is 10.6 Å². The third-order valence-corrected chi connectivity index (χ3v) is 3.45. The van der Waals surface area contributed by atoms with Crippen molar-refractivity contribution in [1.82, 2.24) is 15.5 Å². The molecule has 1 rings (SSSR count). The van der Waals surface area contributed by atoms with E-state index in [-0.39, 0.29) is 6.09 Å². The molecule has 0 spiro atoms. The first-order valence-electron chi connectivity index (χ1n) is 8.29. The van der Waals surface area contributed by atoms with Crippen molar-refractivity contribution in [2.24, 2.45) is 10.9 Å². The number of carbonyl (C=O) groups excluding carboxylic acids is 1. The van der Waals surface area contributed by atoms with Crippen LogP contribution in [0.1, 0.15) is 48.0 Å². The SMILES string of the molecule is CCNC(=NCCN(CC)C(=O)OC(C)(C)C)NC1CC1C. The van der Waals surface area contributed by atoms with Gasteiger partial charge >= 0.3 is 6.09 Å². The van der Waals surface area contributed by atoms with E-state index in [1.807, 2.05) is 34.6 Å². The Morgan fingerprint density at radius 2 is 2.00 bits per heavy atom. The molecule has 1 saturated carbocycles. The number of nitrogens with zero attached hydrogens (tertiary/aromatic N) is 2. The van der Waals surface area contributed by atoms with Crippen molar-refractivity contribution in [3.8, 4) is 0 Å². The molecule has 0 aromatic heterocycles. The van der Waals surface area contributed by atoms with Crippen molar-refractivity contribution in [3.63, 3.8) is 0 Å². The first-order chi connectivity index (χ1) is 10.3. The van der Waals surface area contributed by atoms with Crippen molar-refractivity contribution in [1.29, 1.82) is 0 Å². The minimum absolute atomic E-state index is 0.279. The Bertz CT molecular complexity index is 390. The fourth-order valence-corrected chi connectivity index (χ4v) is 2.01. The lowest BCUT2D eigenvalue weighted by molar-refractivity contribution is 0.0266. The second kappa shape index (κ2) is 8.25. The summed E-state index contributed by atoms with van der Waals surface area (Å²) in [6.45, 7) is 14.4. The zero-order valence-electron chi connectivity index (χ0n) is 14.9. The molecular weight excluding hydrogens is 280 g/mol. The van der Waals surface area contributed by atoms with E-state index in [9.17, 15) is 4.79 Å². The molecule has 2 N–H and O–H groups in total. The summed E-state index contributed by atoms with van der Waals surface area (Å²) < 4.78 is 5.39. The van der Waals surface area contributed by atoms with Gasteiger partial charge in [-0.25, -0.2) is 4.79 Å². The monoisotopic (exact) mass is 312 g/mol. The lowest BCUT2D eigenvalue weighted by Gasteiger charge is -2.26. The van der Waals surface area contributed by atoms with Crippen LogP contribution in [0.3, 0.4) is 0 Å². The van der Waals surface area contributed by atoms with Crippen LogP contribution in [0.4, 0.5) is 4.79 Å². The van der Waals surface area contributed by atoms with E-state index < -0.39 is 5.60 Å². The molecule has 1 aliphatic rings. The molecule has 0 radical (unpaired) electrons. The van der Waals surface area contributed by atoms with E-state index in [1.165, 1.54) is 6.42 Å². The topological polar surface area (TPSA) is 66.0 Å². The highest BCUT2D eigenvalue weighted by Crippen LogP contribution is 2.28. The summed E-state index contributed by atoms with van der Waals surface area (Å²) >= 11 is 0. The summed E-state index contributed by atoms with van der Waals surface area (Å²) in [5.74, 6) is 1.55. The van der Waals surface area contributed by atoms with Gasteiger partial charge in [0, 0.05) is 25.7 Å². The molecule has 1 fully saturated rings. The second-order valence-corrected chi connectivity index (χ2v) is 6.78. The zero-order chi connectivity index (χ0) is 16.8. The van der Waals surface area contributed by atoms with Gasteiger partial charge in [0.05, 0.1) is 6.54 Å². The largest absolute Gasteiger partial charge is 0.444 e. The summed E-state index contributed by atoms with van der Waals surface area (Å²) in [6, 6.07) is 0.533. The van der Waals surface area contributed by atoms with Gasteiger partial charge in [-0.05, 0) is 47.0 Å². The number of carbonyl (C=O) groups is 1. The third-order valence-electron chi connectivity index (χ3n) is 3.45. The smallest absolute Gasteiger partial charge is 0.410 e. The first-order valence-corrected chi connectivity index (χ1v) is 8.29. The number of amides is 1. The van der Waals surface area contributed by atoms with Crippen molar-refractivity contribution in [2.45, 2.75) is 59.6 Å². The number of guanidine groups is 1.